The van der Waals surface area contributed by atoms with Crippen LogP contribution >= 0.6 is 0 Å². The second-order valence-electron chi connectivity index (χ2n) is 5.01. The third-order valence-corrected chi connectivity index (χ3v) is 4.69. The van der Waals surface area contributed by atoms with Gasteiger partial charge in [-0.05, 0) is 30.7 Å². The van der Waals surface area contributed by atoms with Gasteiger partial charge >= 0.3 is 0 Å². The topological polar surface area (TPSA) is 105 Å². The molecule has 1 saturated carbocycles. The number of hydrogen-bond acceptors (Lipinski definition) is 4. The molecular weight excluding hydrogens is 278 g/mol. The average Bonchev–Trinajstić information content (AvgIpc) is 3.28. The Labute approximate surface area is 118 Å². The summed E-state index contributed by atoms with van der Waals surface area (Å²) in [4.78, 5) is 0. The smallest absolute Gasteiger partial charge is 0.212 e. The molecule has 0 amide bonds. The molecule has 1 aromatic carbocycles. The lowest BCUT2D eigenvalue weighted by molar-refractivity contribution is 0.314. The maximum atomic E-state index is 12.1. The van der Waals surface area contributed by atoms with Gasteiger partial charge in [0.25, 0.3) is 0 Å². The molecule has 1 aromatic rings. The minimum Gasteiger partial charge on any atom is -0.409 e. The zero-order chi connectivity index (χ0) is 14.6. The Kier molecular flexibility index (Phi) is 4.61. The molecule has 6 nitrogen and oxygen atoms in total. The molecule has 1 fully saturated rings. The van der Waals surface area contributed by atoms with Gasteiger partial charge in [0.15, 0.2) is 5.84 Å². The number of nitrogens with two attached hydrogens (primary N) is 1. The Morgan fingerprint density at radius 2 is 2.05 bits per heavy atom. The lowest BCUT2D eigenvalue weighted by Gasteiger charge is -2.16. The first-order valence-corrected chi connectivity index (χ1v) is 8.18. The molecule has 110 valence electrons. The van der Waals surface area contributed by atoms with E-state index in [1.54, 1.807) is 0 Å². The van der Waals surface area contributed by atoms with Gasteiger partial charge in [-0.3, -0.25) is 0 Å². The van der Waals surface area contributed by atoms with Gasteiger partial charge in [-0.15, -0.1) is 0 Å². The van der Waals surface area contributed by atoms with Gasteiger partial charge in [0.05, 0.1) is 11.8 Å². The summed E-state index contributed by atoms with van der Waals surface area (Å²) in [6.07, 6.45) is 2.22. The van der Waals surface area contributed by atoms with E-state index in [1.165, 1.54) is 0 Å². The molecule has 2 rings (SSSR count). The Morgan fingerprint density at radius 1 is 1.40 bits per heavy atom. The van der Waals surface area contributed by atoms with Crippen LogP contribution < -0.4 is 10.5 Å². The summed E-state index contributed by atoms with van der Waals surface area (Å²) < 4.78 is 26.7. The van der Waals surface area contributed by atoms with Crippen LogP contribution in [0.3, 0.4) is 0 Å². The van der Waals surface area contributed by atoms with E-state index in [1.807, 2.05) is 30.3 Å². The summed E-state index contributed by atoms with van der Waals surface area (Å²) in [6.45, 7) is 0. The predicted octanol–water partition coefficient (Wildman–Crippen LogP) is 0.673. The maximum absolute atomic E-state index is 12.1. The summed E-state index contributed by atoms with van der Waals surface area (Å²) in [5, 5.41) is 11.6. The zero-order valence-corrected chi connectivity index (χ0v) is 11.9. The number of benzene rings is 1. The van der Waals surface area contributed by atoms with E-state index in [4.69, 9.17) is 10.9 Å². The molecule has 7 heteroatoms. The zero-order valence-electron chi connectivity index (χ0n) is 11.1. The Bertz CT molecular complexity index is 568. The third-order valence-electron chi connectivity index (χ3n) is 3.34. The summed E-state index contributed by atoms with van der Waals surface area (Å²) in [5.74, 6) is 0.0482. The van der Waals surface area contributed by atoms with Crippen LogP contribution in [0.1, 0.15) is 18.4 Å². The van der Waals surface area contributed by atoms with E-state index < -0.39 is 16.1 Å². The fraction of sp³-hybridized carbons (Fsp3) is 0.462. The molecule has 1 unspecified atom stereocenters. The Balaban J connectivity index is 1.96. The molecule has 1 aliphatic carbocycles. The molecule has 0 bridgehead atoms. The van der Waals surface area contributed by atoms with Gasteiger partial charge in [-0.25, -0.2) is 13.1 Å². The van der Waals surface area contributed by atoms with E-state index in [-0.39, 0.29) is 17.5 Å². The van der Waals surface area contributed by atoms with Gasteiger partial charge in [-0.1, -0.05) is 35.5 Å². The molecule has 4 N–H and O–H groups in total. The molecule has 1 atom stereocenters. The van der Waals surface area contributed by atoms with Crippen molar-refractivity contribution in [1.82, 2.24) is 4.72 Å². The normalized spacial score (nSPS) is 17.9. The number of aryl methyl sites for hydroxylation is 1. The molecule has 0 saturated heterocycles. The molecular formula is C13H19N3O3S. The lowest BCUT2D eigenvalue weighted by Crippen LogP contribution is -2.46. The summed E-state index contributed by atoms with van der Waals surface area (Å²) in [7, 11) is -3.46. The van der Waals surface area contributed by atoms with Crippen LogP contribution in [0.5, 0.6) is 0 Å². The van der Waals surface area contributed by atoms with Crippen LogP contribution in [0.25, 0.3) is 0 Å². The van der Waals surface area contributed by atoms with Crippen molar-refractivity contribution in [3.63, 3.8) is 0 Å². The first-order valence-electron chi connectivity index (χ1n) is 6.53. The van der Waals surface area contributed by atoms with Crippen LogP contribution in [0, 0.1) is 5.92 Å². The molecule has 0 spiro atoms. The monoisotopic (exact) mass is 297 g/mol. The van der Waals surface area contributed by atoms with Crippen molar-refractivity contribution in [2.75, 3.05) is 5.75 Å². The first-order chi connectivity index (χ1) is 9.52. The van der Waals surface area contributed by atoms with Crippen molar-refractivity contribution >= 4 is 15.9 Å². The minimum atomic E-state index is -3.46. The van der Waals surface area contributed by atoms with E-state index in [9.17, 15) is 8.42 Å². The molecule has 0 radical (unpaired) electrons. The van der Waals surface area contributed by atoms with Crippen LogP contribution in [0.4, 0.5) is 0 Å². The number of nitrogens with one attached hydrogen (secondary N) is 1. The number of hydrogen-bond donors (Lipinski definition) is 3. The van der Waals surface area contributed by atoms with Crippen LogP contribution in [0.2, 0.25) is 0 Å². The second kappa shape index (κ2) is 6.23. The van der Waals surface area contributed by atoms with Crippen molar-refractivity contribution < 1.29 is 13.6 Å². The highest BCUT2D eigenvalue weighted by Crippen LogP contribution is 2.33. The average molecular weight is 297 g/mol. The fourth-order valence-corrected chi connectivity index (χ4v) is 3.36. The number of amidine groups is 1. The quantitative estimate of drug-likeness (QED) is 0.298. The van der Waals surface area contributed by atoms with Crippen molar-refractivity contribution in [2.45, 2.75) is 25.3 Å². The predicted molar refractivity (Wildman–Crippen MR) is 77.0 cm³/mol. The Hall–Kier alpha value is -1.60. The molecule has 0 heterocycles. The van der Waals surface area contributed by atoms with Crippen molar-refractivity contribution in [3.8, 4) is 0 Å². The van der Waals surface area contributed by atoms with Crippen LogP contribution in [-0.2, 0) is 16.4 Å². The van der Waals surface area contributed by atoms with Crippen molar-refractivity contribution in [3.05, 3.63) is 35.9 Å². The SMILES string of the molecule is N/C(=N/O)C(NS(=O)(=O)CCc1ccccc1)C1CC1. The van der Waals surface area contributed by atoms with Gasteiger partial charge in [0.2, 0.25) is 10.0 Å². The summed E-state index contributed by atoms with van der Waals surface area (Å²) >= 11 is 0. The van der Waals surface area contributed by atoms with Gasteiger partial charge < -0.3 is 10.9 Å². The van der Waals surface area contributed by atoms with Gasteiger partial charge in [-0.2, -0.15) is 0 Å². The van der Waals surface area contributed by atoms with Gasteiger partial charge in [0, 0.05) is 0 Å². The number of nitrogens with zero attached hydrogens (tertiary/aromatic N) is 1. The number of rotatable bonds is 7. The van der Waals surface area contributed by atoms with E-state index in [0.29, 0.717) is 6.42 Å². The molecule has 1 aliphatic rings. The molecule has 0 aromatic heterocycles. The van der Waals surface area contributed by atoms with Crippen LogP contribution in [-0.4, -0.2) is 31.3 Å². The van der Waals surface area contributed by atoms with Gasteiger partial charge in [0.1, 0.15) is 0 Å². The first kappa shape index (κ1) is 14.8. The lowest BCUT2D eigenvalue weighted by atomic mass is 10.2. The second-order valence-corrected chi connectivity index (χ2v) is 6.89. The van der Waals surface area contributed by atoms with E-state index in [0.717, 1.165) is 18.4 Å². The van der Waals surface area contributed by atoms with E-state index >= 15 is 0 Å². The Morgan fingerprint density at radius 3 is 2.60 bits per heavy atom. The highest BCUT2D eigenvalue weighted by atomic mass is 32.2. The largest absolute Gasteiger partial charge is 0.409 e. The number of sulfonamides is 1. The molecule has 0 aliphatic heterocycles. The summed E-state index contributed by atoms with van der Waals surface area (Å²) in [6, 6.07) is 8.81. The van der Waals surface area contributed by atoms with Crippen LogP contribution in [0.15, 0.2) is 35.5 Å². The standard InChI is InChI=1S/C13H19N3O3S/c14-13(15-17)12(11-6-7-11)16-20(18,19)9-8-10-4-2-1-3-5-10/h1-5,11-12,16-17H,6-9H2,(H2,14,15). The van der Waals surface area contributed by atoms with E-state index in [2.05, 4.69) is 9.88 Å². The van der Waals surface area contributed by atoms with Crippen molar-refractivity contribution in [1.29, 1.82) is 0 Å². The number of oxime groups is 1. The highest BCUT2D eigenvalue weighted by Gasteiger charge is 2.36. The molecule has 20 heavy (non-hydrogen) atoms. The van der Waals surface area contributed by atoms with Crippen molar-refractivity contribution in [2.24, 2.45) is 16.8 Å². The maximum Gasteiger partial charge on any atom is 0.212 e. The summed E-state index contributed by atoms with van der Waals surface area (Å²) in [5.41, 5.74) is 6.51. The minimum absolute atomic E-state index is 0.0149. The fourth-order valence-electron chi connectivity index (χ4n) is 2.04. The highest BCUT2D eigenvalue weighted by molar-refractivity contribution is 7.89. The third kappa shape index (κ3) is 4.21.